The second kappa shape index (κ2) is 5.87. The topological polar surface area (TPSA) is 49.7 Å². The Hall–Kier alpha value is -1.84. The summed E-state index contributed by atoms with van der Waals surface area (Å²) in [5, 5.41) is 18.8. The quantitative estimate of drug-likeness (QED) is 0.881. The first-order chi connectivity index (χ1) is 9.06. The van der Waals surface area contributed by atoms with Crippen LogP contribution in [0.2, 0.25) is 0 Å². The number of aliphatic hydroxyl groups is 2. The van der Waals surface area contributed by atoms with Crippen LogP contribution in [-0.4, -0.2) is 10.2 Å². The number of hydrogen-bond acceptors (Lipinski definition) is 3. The van der Waals surface area contributed by atoms with Crippen molar-refractivity contribution in [2.45, 2.75) is 26.1 Å². The SMILES string of the molecule is C[C@H](O)c1ccc(Oc2ccc([C@H](C)O)cc2)cc1. The Labute approximate surface area is 113 Å². The minimum Gasteiger partial charge on any atom is -0.457 e. The molecule has 0 aliphatic heterocycles. The molecule has 2 aromatic rings. The van der Waals surface area contributed by atoms with Gasteiger partial charge in [0.1, 0.15) is 11.5 Å². The van der Waals surface area contributed by atoms with Crippen LogP contribution < -0.4 is 4.74 Å². The molecule has 19 heavy (non-hydrogen) atoms. The number of aliphatic hydroxyl groups excluding tert-OH is 2. The van der Waals surface area contributed by atoms with Crippen molar-refractivity contribution in [2.75, 3.05) is 0 Å². The van der Waals surface area contributed by atoms with E-state index >= 15 is 0 Å². The third-order valence-corrected chi connectivity index (χ3v) is 2.96. The zero-order chi connectivity index (χ0) is 13.8. The maximum Gasteiger partial charge on any atom is 0.127 e. The predicted octanol–water partition coefficient (Wildman–Crippen LogP) is 3.59. The summed E-state index contributed by atoms with van der Waals surface area (Å²) in [5.41, 5.74) is 1.72. The molecule has 0 amide bonds. The van der Waals surface area contributed by atoms with Crippen molar-refractivity contribution in [2.24, 2.45) is 0 Å². The first-order valence-corrected chi connectivity index (χ1v) is 6.30. The summed E-state index contributed by atoms with van der Waals surface area (Å²) in [5.74, 6) is 1.43. The summed E-state index contributed by atoms with van der Waals surface area (Å²) >= 11 is 0. The summed E-state index contributed by atoms with van der Waals surface area (Å²) in [6, 6.07) is 14.6. The molecule has 0 fully saturated rings. The van der Waals surface area contributed by atoms with Crippen LogP contribution >= 0.6 is 0 Å². The normalized spacial score (nSPS) is 13.9. The highest BCUT2D eigenvalue weighted by Gasteiger charge is 2.03. The van der Waals surface area contributed by atoms with E-state index in [0.717, 1.165) is 11.1 Å². The lowest BCUT2D eigenvalue weighted by atomic mass is 10.1. The van der Waals surface area contributed by atoms with Crippen LogP contribution in [0.1, 0.15) is 37.2 Å². The molecule has 0 saturated carbocycles. The fourth-order valence-corrected chi connectivity index (χ4v) is 1.76. The van der Waals surface area contributed by atoms with Gasteiger partial charge >= 0.3 is 0 Å². The van der Waals surface area contributed by atoms with Gasteiger partial charge in [0, 0.05) is 0 Å². The molecule has 2 atom stereocenters. The number of hydrogen-bond donors (Lipinski definition) is 2. The van der Waals surface area contributed by atoms with Gasteiger partial charge in [-0.15, -0.1) is 0 Å². The van der Waals surface area contributed by atoms with E-state index in [1.165, 1.54) is 0 Å². The van der Waals surface area contributed by atoms with Crippen LogP contribution in [0.4, 0.5) is 0 Å². The van der Waals surface area contributed by atoms with E-state index in [9.17, 15) is 10.2 Å². The molecule has 2 aromatic carbocycles. The lowest BCUT2D eigenvalue weighted by Crippen LogP contribution is -1.92. The minimum absolute atomic E-state index is 0.473. The molecule has 0 heterocycles. The molecule has 100 valence electrons. The van der Waals surface area contributed by atoms with Crippen molar-refractivity contribution in [3.05, 3.63) is 59.7 Å². The molecule has 0 aliphatic carbocycles. The molecule has 0 aromatic heterocycles. The maximum absolute atomic E-state index is 9.42. The second-order valence-corrected chi connectivity index (χ2v) is 4.59. The molecule has 3 nitrogen and oxygen atoms in total. The highest BCUT2D eigenvalue weighted by atomic mass is 16.5. The Balaban J connectivity index is 2.08. The first kappa shape index (κ1) is 13.6. The Morgan fingerprint density at radius 3 is 1.26 bits per heavy atom. The minimum atomic E-state index is -0.473. The molecule has 0 radical (unpaired) electrons. The largest absolute Gasteiger partial charge is 0.457 e. The average Bonchev–Trinajstić information content (AvgIpc) is 2.40. The van der Waals surface area contributed by atoms with Crippen LogP contribution in [0.5, 0.6) is 11.5 Å². The highest BCUT2D eigenvalue weighted by molar-refractivity contribution is 5.35. The van der Waals surface area contributed by atoms with Crippen LogP contribution in [0.25, 0.3) is 0 Å². The third kappa shape index (κ3) is 3.56. The van der Waals surface area contributed by atoms with E-state index in [0.29, 0.717) is 11.5 Å². The van der Waals surface area contributed by atoms with E-state index in [4.69, 9.17) is 4.74 Å². The number of benzene rings is 2. The van der Waals surface area contributed by atoms with Gasteiger partial charge in [0.15, 0.2) is 0 Å². The van der Waals surface area contributed by atoms with Gasteiger partial charge in [-0.25, -0.2) is 0 Å². The molecule has 2 rings (SSSR count). The summed E-state index contributed by atoms with van der Waals surface area (Å²) < 4.78 is 5.68. The Morgan fingerprint density at radius 2 is 1.00 bits per heavy atom. The molecule has 0 bridgehead atoms. The average molecular weight is 258 g/mol. The first-order valence-electron chi connectivity index (χ1n) is 6.30. The number of rotatable bonds is 4. The second-order valence-electron chi connectivity index (χ2n) is 4.59. The lowest BCUT2D eigenvalue weighted by molar-refractivity contribution is 0.199. The monoisotopic (exact) mass is 258 g/mol. The maximum atomic E-state index is 9.42. The van der Waals surface area contributed by atoms with Gasteiger partial charge in [-0.2, -0.15) is 0 Å². The summed E-state index contributed by atoms with van der Waals surface area (Å²) in [4.78, 5) is 0. The van der Waals surface area contributed by atoms with Crippen molar-refractivity contribution >= 4 is 0 Å². The zero-order valence-corrected chi connectivity index (χ0v) is 11.1. The van der Waals surface area contributed by atoms with Gasteiger partial charge in [-0.3, -0.25) is 0 Å². The summed E-state index contributed by atoms with van der Waals surface area (Å²) in [6.07, 6.45) is -0.946. The Morgan fingerprint density at radius 1 is 0.684 bits per heavy atom. The molecule has 0 saturated heterocycles. The van der Waals surface area contributed by atoms with Gasteiger partial charge in [-0.1, -0.05) is 24.3 Å². The predicted molar refractivity (Wildman–Crippen MR) is 74.2 cm³/mol. The Bertz CT molecular complexity index is 463. The van der Waals surface area contributed by atoms with Crippen molar-refractivity contribution in [3.8, 4) is 11.5 Å². The molecular formula is C16H18O3. The number of ether oxygens (including phenoxy) is 1. The smallest absolute Gasteiger partial charge is 0.127 e. The van der Waals surface area contributed by atoms with Crippen LogP contribution in [0.15, 0.2) is 48.5 Å². The summed E-state index contributed by atoms with van der Waals surface area (Å²) in [7, 11) is 0. The van der Waals surface area contributed by atoms with Crippen molar-refractivity contribution in [3.63, 3.8) is 0 Å². The van der Waals surface area contributed by atoms with E-state index in [1.807, 2.05) is 48.5 Å². The summed E-state index contributed by atoms with van der Waals surface area (Å²) in [6.45, 7) is 3.45. The van der Waals surface area contributed by atoms with E-state index in [-0.39, 0.29) is 0 Å². The molecule has 0 spiro atoms. The van der Waals surface area contributed by atoms with Crippen LogP contribution in [0, 0.1) is 0 Å². The zero-order valence-electron chi connectivity index (χ0n) is 11.1. The molecule has 3 heteroatoms. The van der Waals surface area contributed by atoms with Gasteiger partial charge in [0.05, 0.1) is 12.2 Å². The fraction of sp³-hybridized carbons (Fsp3) is 0.250. The van der Waals surface area contributed by atoms with Crippen molar-refractivity contribution in [1.29, 1.82) is 0 Å². The van der Waals surface area contributed by atoms with Gasteiger partial charge in [-0.05, 0) is 49.2 Å². The standard InChI is InChI=1S/C16H18O3/c1-11(17)13-3-7-15(8-4-13)19-16-9-5-14(6-10-16)12(2)18/h3-12,17-18H,1-2H3/t11-,12-/m0/s1. The molecule has 0 aliphatic rings. The Kier molecular flexibility index (Phi) is 4.20. The van der Waals surface area contributed by atoms with Gasteiger partial charge < -0.3 is 14.9 Å². The van der Waals surface area contributed by atoms with Crippen LogP contribution in [0.3, 0.4) is 0 Å². The van der Waals surface area contributed by atoms with E-state index < -0.39 is 12.2 Å². The fourth-order valence-electron chi connectivity index (χ4n) is 1.76. The third-order valence-electron chi connectivity index (χ3n) is 2.96. The molecular weight excluding hydrogens is 240 g/mol. The van der Waals surface area contributed by atoms with Gasteiger partial charge in [0.25, 0.3) is 0 Å². The van der Waals surface area contributed by atoms with Crippen LogP contribution in [-0.2, 0) is 0 Å². The molecule has 0 unspecified atom stereocenters. The lowest BCUT2D eigenvalue weighted by Gasteiger charge is -2.09. The molecule has 2 N–H and O–H groups in total. The van der Waals surface area contributed by atoms with E-state index in [2.05, 4.69) is 0 Å². The van der Waals surface area contributed by atoms with Crippen molar-refractivity contribution < 1.29 is 14.9 Å². The van der Waals surface area contributed by atoms with E-state index in [1.54, 1.807) is 13.8 Å². The highest BCUT2D eigenvalue weighted by Crippen LogP contribution is 2.24. The van der Waals surface area contributed by atoms with Gasteiger partial charge in [0.2, 0.25) is 0 Å². The van der Waals surface area contributed by atoms with Crippen molar-refractivity contribution in [1.82, 2.24) is 0 Å².